The Morgan fingerprint density at radius 1 is 1.04 bits per heavy atom. The highest BCUT2D eigenvalue weighted by Crippen LogP contribution is 2.26. The number of nitrogens with zero attached hydrogens (tertiary/aromatic N) is 2. The number of carbonyl (C=O) groups excluding carboxylic acids is 1. The van der Waals surface area contributed by atoms with Crippen molar-refractivity contribution in [3.05, 3.63) is 77.6 Å². The van der Waals surface area contributed by atoms with Crippen LogP contribution in [0.4, 0.5) is 0 Å². The Kier molecular flexibility index (Phi) is 3.70. The van der Waals surface area contributed by atoms with Crippen molar-refractivity contribution >= 4 is 5.91 Å². The van der Waals surface area contributed by atoms with Crippen LogP contribution in [-0.2, 0) is 0 Å². The van der Waals surface area contributed by atoms with Gasteiger partial charge in [0.15, 0.2) is 0 Å². The van der Waals surface area contributed by atoms with Gasteiger partial charge in [0.05, 0.1) is 5.56 Å². The fourth-order valence-electron chi connectivity index (χ4n) is 2.45. The number of hydrogen-bond donors (Lipinski definition) is 1. The summed E-state index contributed by atoms with van der Waals surface area (Å²) >= 11 is 0. The van der Waals surface area contributed by atoms with Gasteiger partial charge in [-0.25, -0.2) is 0 Å². The van der Waals surface area contributed by atoms with Crippen LogP contribution < -0.4 is 5.73 Å². The lowest BCUT2D eigenvalue weighted by atomic mass is 10.0. The molecule has 0 saturated carbocycles. The molecular formula is C19H15N3O. The fraction of sp³-hybridized carbons (Fsp3) is 0.0526. The monoisotopic (exact) mass is 301 g/mol. The molecule has 0 atom stereocenters. The van der Waals surface area contributed by atoms with E-state index in [-0.39, 0.29) is 0 Å². The first-order valence-electron chi connectivity index (χ1n) is 7.18. The summed E-state index contributed by atoms with van der Waals surface area (Å²) in [5, 5.41) is 9.39. The maximum Gasteiger partial charge on any atom is 0.248 e. The van der Waals surface area contributed by atoms with Crippen molar-refractivity contribution in [3.63, 3.8) is 0 Å². The highest BCUT2D eigenvalue weighted by Gasteiger charge is 2.10. The number of benzene rings is 2. The van der Waals surface area contributed by atoms with Crippen LogP contribution in [0.15, 0.2) is 60.9 Å². The van der Waals surface area contributed by atoms with Crippen molar-refractivity contribution in [1.29, 1.82) is 5.26 Å². The van der Waals surface area contributed by atoms with Crippen LogP contribution in [-0.4, -0.2) is 10.5 Å². The van der Waals surface area contributed by atoms with E-state index in [0.717, 1.165) is 16.8 Å². The number of aryl methyl sites for hydroxylation is 1. The maximum absolute atomic E-state index is 11.1. The van der Waals surface area contributed by atoms with Crippen molar-refractivity contribution in [2.24, 2.45) is 5.73 Å². The molecule has 1 amide bonds. The lowest BCUT2D eigenvalue weighted by Gasteiger charge is -2.03. The summed E-state index contributed by atoms with van der Waals surface area (Å²) in [7, 11) is 0. The Labute approximate surface area is 134 Å². The predicted molar refractivity (Wildman–Crippen MR) is 89.2 cm³/mol. The summed E-state index contributed by atoms with van der Waals surface area (Å²) in [6.07, 6.45) is 3.71. The van der Waals surface area contributed by atoms with Crippen LogP contribution in [0, 0.1) is 18.3 Å². The van der Waals surface area contributed by atoms with E-state index in [4.69, 9.17) is 5.73 Å². The molecule has 112 valence electrons. The van der Waals surface area contributed by atoms with Crippen molar-refractivity contribution in [3.8, 4) is 22.9 Å². The van der Waals surface area contributed by atoms with E-state index in [1.165, 1.54) is 5.56 Å². The molecule has 4 nitrogen and oxygen atoms in total. The third-order valence-electron chi connectivity index (χ3n) is 3.76. The van der Waals surface area contributed by atoms with Crippen LogP contribution in [0.3, 0.4) is 0 Å². The van der Waals surface area contributed by atoms with E-state index in [1.807, 2.05) is 42.0 Å². The molecule has 0 aliphatic rings. The largest absolute Gasteiger partial charge is 0.366 e. The Morgan fingerprint density at radius 2 is 1.70 bits per heavy atom. The third kappa shape index (κ3) is 2.85. The number of rotatable bonds is 3. The number of primary amides is 1. The average molecular weight is 301 g/mol. The zero-order valence-corrected chi connectivity index (χ0v) is 12.7. The highest BCUT2D eigenvalue weighted by atomic mass is 16.1. The van der Waals surface area contributed by atoms with E-state index >= 15 is 0 Å². The molecule has 0 fully saturated rings. The summed E-state index contributed by atoms with van der Waals surface area (Å²) < 4.78 is 1.87. The first-order valence-corrected chi connectivity index (χ1v) is 7.18. The van der Waals surface area contributed by atoms with Gasteiger partial charge in [0.2, 0.25) is 5.91 Å². The second-order valence-electron chi connectivity index (χ2n) is 5.38. The first kappa shape index (κ1) is 14.6. The Balaban J connectivity index is 2.03. The Morgan fingerprint density at radius 3 is 2.26 bits per heavy atom. The van der Waals surface area contributed by atoms with Crippen molar-refractivity contribution in [1.82, 2.24) is 4.57 Å². The summed E-state index contributed by atoms with van der Waals surface area (Å²) in [5.74, 6) is -0.456. The number of carbonyl (C=O) groups is 1. The van der Waals surface area contributed by atoms with Crippen LogP contribution in [0.5, 0.6) is 0 Å². The van der Waals surface area contributed by atoms with Crippen molar-refractivity contribution in [2.75, 3.05) is 0 Å². The predicted octanol–water partition coefficient (Wildman–Crippen LogP) is 3.42. The number of aromatic nitrogens is 1. The minimum atomic E-state index is -0.456. The topological polar surface area (TPSA) is 71.8 Å². The van der Waals surface area contributed by atoms with Gasteiger partial charge in [0, 0.05) is 29.2 Å². The molecule has 0 bridgehead atoms. The van der Waals surface area contributed by atoms with Gasteiger partial charge in [-0.3, -0.25) is 4.79 Å². The van der Waals surface area contributed by atoms with E-state index in [0.29, 0.717) is 11.1 Å². The van der Waals surface area contributed by atoms with E-state index in [2.05, 4.69) is 6.07 Å². The molecule has 0 aliphatic heterocycles. The van der Waals surface area contributed by atoms with Gasteiger partial charge >= 0.3 is 0 Å². The summed E-state index contributed by atoms with van der Waals surface area (Å²) in [6, 6.07) is 17.3. The smallest absolute Gasteiger partial charge is 0.248 e. The van der Waals surface area contributed by atoms with Crippen molar-refractivity contribution < 1.29 is 4.79 Å². The average Bonchev–Trinajstić information content (AvgIpc) is 3.00. The maximum atomic E-state index is 11.1. The van der Waals surface area contributed by atoms with Gasteiger partial charge in [-0.05, 0) is 36.8 Å². The van der Waals surface area contributed by atoms with Crippen LogP contribution in [0.1, 0.15) is 21.5 Å². The molecule has 0 saturated heterocycles. The second kappa shape index (κ2) is 5.82. The molecule has 0 aliphatic carbocycles. The number of nitrogens with two attached hydrogens (primary N) is 1. The normalized spacial score (nSPS) is 10.3. The van der Waals surface area contributed by atoms with Gasteiger partial charge in [-0.2, -0.15) is 5.26 Å². The molecule has 4 heteroatoms. The molecule has 1 heterocycles. The molecule has 2 N–H and O–H groups in total. The van der Waals surface area contributed by atoms with E-state index < -0.39 is 5.91 Å². The van der Waals surface area contributed by atoms with Gasteiger partial charge in [-0.15, -0.1) is 0 Å². The van der Waals surface area contributed by atoms with Crippen LogP contribution in [0.25, 0.3) is 16.8 Å². The van der Waals surface area contributed by atoms with Crippen LogP contribution in [0.2, 0.25) is 0 Å². The van der Waals surface area contributed by atoms with Crippen LogP contribution >= 0.6 is 0 Å². The molecule has 0 radical (unpaired) electrons. The van der Waals surface area contributed by atoms with Gasteiger partial charge in [0.1, 0.15) is 6.07 Å². The standard InChI is InChI=1S/C19H15N3O/c1-13-2-4-14(5-3-13)18-12-22(11-16(18)10-20)17-8-6-15(7-9-17)19(21)23/h2-9,11-12H,1H3,(H2,21,23). The lowest BCUT2D eigenvalue weighted by molar-refractivity contribution is 0.100. The summed E-state index contributed by atoms with van der Waals surface area (Å²) in [5.41, 5.74) is 10.2. The molecule has 23 heavy (non-hydrogen) atoms. The molecule has 0 spiro atoms. The number of nitriles is 1. The number of amides is 1. The third-order valence-corrected chi connectivity index (χ3v) is 3.76. The Hall–Kier alpha value is -3.32. The molecule has 3 rings (SSSR count). The zero-order valence-electron chi connectivity index (χ0n) is 12.7. The van der Waals surface area contributed by atoms with Gasteiger partial charge < -0.3 is 10.3 Å². The molecule has 2 aromatic carbocycles. The van der Waals surface area contributed by atoms with Gasteiger partial charge in [0.25, 0.3) is 0 Å². The summed E-state index contributed by atoms with van der Waals surface area (Å²) in [4.78, 5) is 11.1. The molecule has 0 unspecified atom stereocenters. The fourth-order valence-corrected chi connectivity index (χ4v) is 2.45. The summed E-state index contributed by atoms with van der Waals surface area (Å²) in [6.45, 7) is 2.03. The lowest BCUT2D eigenvalue weighted by Crippen LogP contribution is -2.10. The SMILES string of the molecule is Cc1ccc(-c2cn(-c3ccc(C(N)=O)cc3)cc2C#N)cc1. The van der Waals surface area contributed by atoms with Gasteiger partial charge in [-0.1, -0.05) is 29.8 Å². The molecule has 3 aromatic rings. The first-order chi connectivity index (χ1) is 11.1. The highest BCUT2D eigenvalue weighted by molar-refractivity contribution is 5.92. The quantitative estimate of drug-likeness (QED) is 0.805. The number of hydrogen-bond acceptors (Lipinski definition) is 2. The second-order valence-corrected chi connectivity index (χ2v) is 5.38. The zero-order chi connectivity index (χ0) is 16.4. The Bertz CT molecular complexity index is 897. The van der Waals surface area contributed by atoms with E-state index in [9.17, 15) is 10.1 Å². The van der Waals surface area contributed by atoms with E-state index in [1.54, 1.807) is 30.5 Å². The van der Waals surface area contributed by atoms with Crippen molar-refractivity contribution in [2.45, 2.75) is 6.92 Å². The minimum absolute atomic E-state index is 0.456. The molecule has 1 aromatic heterocycles. The minimum Gasteiger partial charge on any atom is -0.366 e. The molecular weight excluding hydrogens is 286 g/mol.